The van der Waals surface area contributed by atoms with Gasteiger partial charge in [0.2, 0.25) is 0 Å². The van der Waals surface area contributed by atoms with E-state index in [0.29, 0.717) is 42.3 Å². The van der Waals surface area contributed by atoms with E-state index >= 15 is 0 Å². The summed E-state index contributed by atoms with van der Waals surface area (Å²) < 4.78 is 24.5. The first kappa shape index (κ1) is 22.3. The van der Waals surface area contributed by atoms with Crippen LogP contribution in [0, 0.1) is 5.82 Å². The van der Waals surface area contributed by atoms with Crippen LogP contribution >= 0.6 is 0 Å². The molecule has 33 heavy (non-hydrogen) atoms. The summed E-state index contributed by atoms with van der Waals surface area (Å²) in [6, 6.07) is 18.4. The van der Waals surface area contributed by atoms with Crippen molar-refractivity contribution in [1.82, 2.24) is 0 Å². The second-order valence-electron chi connectivity index (χ2n) is 7.68. The first-order valence-corrected chi connectivity index (χ1v) is 10.9. The van der Waals surface area contributed by atoms with Crippen LogP contribution in [0.5, 0.6) is 11.5 Å². The van der Waals surface area contributed by atoms with Crippen molar-refractivity contribution in [2.45, 2.75) is 19.8 Å². The van der Waals surface area contributed by atoms with Crippen LogP contribution in [-0.2, 0) is 11.2 Å². The van der Waals surface area contributed by atoms with Crippen LogP contribution in [0.1, 0.15) is 29.3 Å². The van der Waals surface area contributed by atoms with Gasteiger partial charge in [-0.25, -0.2) is 4.39 Å². The lowest BCUT2D eigenvalue weighted by Crippen LogP contribution is -2.39. The van der Waals surface area contributed by atoms with E-state index in [-0.39, 0.29) is 18.4 Å². The Bertz CT molecular complexity index is 1130. The fourth-order valence-electron chi connectivity index (χ4n) is 3.56. The molecule has 1 aliphatic heterocycles. The van der Waals surface area contributed by atoms with Gasteiger partial charge in [0.1, 0.15) is 17.3 Å². The van der Waals surface area contributed by atoms with Crippen LogP contribution in [0.4, 0.5) is 15.8 Å². The highest BCUT2D eigenvalue weighted by atomic mass is 19.1. The number of carbonyl (C=O) groups excluding carboxylic acids is 2. The summed E-state index contributed by atoms with van der Waals surface area (Å²) in [4.78, 5) is 26.6. The van der Waals surface area contributed by atoms with Gasteiger partial charge in [-0.2, -0.15) is 0 Å². The molecule has 0 fully saturated rings. The smallest absolute Gasteiger partial charge is 0.265 e. The molecule has 0 saturated carbocycles. The zero-order valence-electron chi connectivity index (χ0n) is 18.3. The van der Waals surface area contributed by atoms with Crippen LogP contribution in [0.15, 0.2) is 66.7 Å². The average molecular weight is 448 g/mol. The first-order valence-electron chi connectivity index (χ1n) is 10.9. The van der Waals surface area contributed by atoms with Crippen LogP contribution < -0.4 is 19.7 Å². The third-order valence-corrected chi connectivity index (χ3v) is 5.39. The van der Waals surface area contributed by atoms with E-state index in [0.717, 1.165) is 12.2 Å². The summed E-state index contributed by atoms with van der Waals surface area (Å²) in [5.41, 5.74) is 2.69. The second kappa shape index (κ2) is 10.2. The van der Waals surface area contributed by atoms with E-state index < -0.39 is 5.82 Å². The molecule has 1 aliphatic rings. The first-order chi connectivity index (χ1) is 16.0. The average Bonchev–Trinajstić information content (AvgIpc) is 2.83. The van der Waals surface area contributed by atoms with E-state index in [4.69, 9.17) is 9.47 Å². The molecule has 0 atom stereocenters. The summed E-state index contributed by atoms with van der Waals surface area (Å²) in [7, 11) is 0. The minimum absolute atomic E-state index is 0.0341. The SMILES string of the molecule is CCc1ccc(OCCCN2C(=O)COc3ccc(NC(=O)c4ccc(F)cc4)cc32)cc1. The zero-order chi connectivity index (χ0) is 23.2. The largest absolute Gasteiger partial charge is 0.494 e. The van der Waals surface area contributed by atoms with Crippen molar-refractivity contribution in [2.24, 2.45) is 0 Å². The maximum Gasteiger partial charge on any atom is 0.265 e. The molecule has 0 bridgehead atoms. The van der Waals surface area contributed by atoms with Crippen LogP contribution in [0.25, 0.3) is 0 Å². The lowest BCUT2D eigenvalue weighted by atomic mass is 10.1. The van der Waals surface area contributed by atoms with Crippen LogP contribution in [0.3, 0.4) is 0 Å². The zero-order valence-corrected chi connectivity index (χ0v) is 18.3. The fourth-order valence-corrected chi connectivity index (χ4v) is 3.56. The van der Waals surface area contributed by atoms with Gasteiger partial charge in [-0.1, -0.05) is 19.1 Å². The predicted molar refractivity (Wildman–Crippen MR) is 125 cm³/mol. The molecular weight excluding hydrogens is 423 g/mol. The molecule has 3 aromatic rings. The van der Waals surface area contributed by atoms with Gasteiger partial charge in [-0.05, 0) is 73.0 Å². The molecule has 3 aromatic carbocycles. The van der Waals surface area contributed by atoms with Crippen molar-refractivity contribution in [3.05, 3.63) is 83.7 Å². The molecule has 0 saturated heterocycles. The summed E-state index contributed by atoms with van der Waals surface area (Å²) >= 11 is 0. The van der Waals surface area contributed by atoms with Gasteiger partial charge >= 0.3 is 0 Å². The van der Waals surface area contributed by atoms with Crippen molar-refractivity contribution < 1.29 is 23.5 Å². The quantitative estimate of drug-likeness (QED) is 0.501. The van der Waals surface area contributed by atoms with Gasteiger partial charge in [0.25, 0.3) is 11.8 Å². The van der Waals surface area contributed by atoms with Gasteiger partial charge in [-0.3, -0.25) is 9.59 Å². The van der Waals surface area contributed by atoms with Gasteiger partial charge in [-0.15, -0.1) is 0 Å². The molecule has 4 rings (SSSR count). The topological polar surface area (TPSA) is 67.9 Å². The Morgan fingerprint density at radius 2 is 1.85 bits per heavy atom. The summed E-state index contributed by atoms with van der Waals surface area (Å²) in [5, 5.41) is 2.78. The molecule has 6 nitrogen and oxygen atoms in total. The lowest BCUT2D eigenvalue weighted by Gasteiger charge is -2.30. The molecule has 2 amide bonds. The number of anilines is 2. The summed E-state index contributed by atoms with van der Waals surface area (Å²) in [5.74, 6) is 0.439. The highest BCUT2D eigenvalue weighted by Gasteiger charge is 2.25. The van der Waals surface area contributed by atoms with Crippen LogP contribution in [-0.4, -0.2) is 31.6 Å². The number of ether oxygens (including phenoxy) is 2. The number of hydrogen-bond acceptors (Lipinski definition) is 4. The van der Waals surface area contributed by atoms with Gasteiger partial charge in [0.15, 0.2) is 6.61 Å². The van der Waals surface area contributed by atoms with Gasteiger partial charge < -0.3 is 19.7 Å². The molecule has 0 aliphatic carbocycles. The number of nitrogens with one attached hydrogen (secondary N) is 1. The fraction of sp³-hybridized carbons (Fsp3) is 0.231. The Labute approximate surface area is 191 Å². The Kier molecular flexibility index (Phi) is 6.88. The molecular formula is C26H25FN2O4. The molecule has 7 heteroatoms. The maximum absolute atomic E-state index is 13.1. The number of fused-ring (bicyclic) bond motifs is 1. The number of amides is 2. The Balaban J connectivity index is 1.39. The third kappa shape index (κ3) is 5.49. The number of rotatable bonds is 8. The Morgan fingerprint density at radius 3 is 2.58 bits per heavy atom. The molecule has 0 radical (unpaired) electrons. The van der Waals surface area contributed by atoms with E-state index in [1.165, 1.54) is 29.8 Å². The van der Waals surface area contributed by atoms with Crippen molar-refractivity contribution in [3.63, 3.8) is 0 Å². The van der Waals surface area contributed by atoms with Crippen molar-refractivity contribution >= 4 is 23.2 Å². The van der Waals surface area contributed by atoms with E-state index in [2.05, 4.69) is 12.2 Å². The second-order valence-corrected chi connectivity index (χ2v) is 7.68. The summed E-state index contributed by atoms with van der Waals surface area (Å²) in [6.45, 7) is 2.99. The Morgan fingerprint density at radius 1 is 1.09 bits per heavy atom. The van der Waals surface area contributed by atoms with Crippen molar-refractivity contribution in [1.29, 1.82) is 0 Å². The molecule has 1 N–H and O–H groups in total. The number of hydrogen-bond donors (Lipinski definition) is 1. The van der Waals surface area contributed by atoms with Crippen molar-refractivity contribution in [3.8, 4) is 11.5 Å². The normalized spacial score (nSPS) is 12.7. The van der Waals surface area contributed by atoms with Crippen molar-refractivity contribution in [2.75, 3.05) is 30.0 Å². The number of aryl methyl sites for hydroxylation is 1. The van der Waals surface area contributed by atoms with E-state index in [1.54, 1.807) is 23.1 Å². The molecule has 0 spiro atoms. The lowest BCUT2D eigenvalue weighted by molar-refractivity contribution is -0.121. The molecule has 170 valence electrons. The van der Waals surface area contributed by atoms with E-state index in [1.807, 2.05) is 24.3 Å². The van der Waals surface area contributed by atoms with Crippen LogP contribution in [0.2, 0.25) is 0 Å². The highest BCUT2D eigenvalue weighted by molar-refractivity contribution is 6.05. The summed E-state index contributed by atoms with van der Waals surface area (Å²) in [6.07, 6.45) is 1.61. The maximum atomic E-state index is 13.1. The molecule has 1 heterocycles. The minimum Gasteiger partial charge on any atom is -0.494 e. The number of halogens is 1. The van der Waals surface area contributed by atoms with Gasteiger partial charge in [0.05, 0.1) is 12.3 Å². The number of benzene rings is 3. The van der Waals surface area contributed by atoms with Gasteiger partial charge in [0, 0.05) is 17.8 Å². The minimum atomic E-state index is -0.409. The Hall–Kier alpha value is -3.87. The number of nitrogens with zero attached hydrogens (tertiary/aromatic N) is 1. The standard InChI is InChI=1S/C26H25FN2O4/c1-2-18-4-11-22(12-5-18)32-15-3-14-29-23-16-21(10-13-24(23)33-17-25(29)30)28-26(31)19-6-8-20(27)9-7-19/h4-13,16H,2-3,14-15,17H2,1H3,(H,28,31). The highest BCUT2D eigenvalue weighted by Crippen LogP contribution is 2.35. The third-order valence-electron chi connectivity index (χ3n) is 5.39. The molecule has 0 aromatic heterocycles. The molecule has 0 unspecified atom stereocenters. The van der Waals surface area contributed by atoms with E-state index in [9.17, 15) is 14.0 Å². The monoisotopic (exact) mass is 448 g/mol. The number of carbonyl (C=O) groups is 2. The predicted octanol–water partition coefficient (Wildman–Crippen LogP) is 4.83.